The van der Waals surface area contributed by atoms with Gasteiger partial charge in [-0.05, 0) is 0 Å². The third kappa shape index (κ3) is 2.13. The van der Waals surface area contributed by atoms with Gasteiger partial charge in [0, 0.05) is 13.0 Å². The maximum atomic E-state index is 11.7. The minimum Gasteiger partial charge on any atom is -0.394 e. The predicted octanol–water partition coefficient (Wildman–Crippen LogP) is -2.06. The van der Waals surface area contributed by atoms with E-state index >= 15 is 0 Å². The van der Waals surface area contributed by atoms with Gasteiger partial charge in [-0.3, -0.25) is 4.90 Å². The lowest BCUT2D eigenvalue weighted by Crippen LogP contribution is -2.56. The molecule has 8 nitrogen and oxygen atoms in total. The second-order valence-corrected chi connectivity index (χ2v) is 4.34. The molecule has 2 aliphatic rings. The molecule has 2 saturated heterocycles. The molecule has 4 N–H and O–H groups in total. The van der Waals surface area contributed by atoms with Gasteiger partial charge < -0.3 is 25.4 Å². The average Bonchev–Trinajstić information content (AvgIpc) is 2.65. The number of aliphatic hydroxyl groups excluding tert-OH is 3. The van der Waals surface area contributed by atoms with Crippen molar-refractivity contribution in [3.63, 3.8) is 0 Å². The van der Waals surface area contributed by atoms with Crippen LogP contribution in [-0.4, -0.2) is 64.1 Å². The van der Waals surface area contributed by atoms with Crippen molar-refractivity contribution in [2.24, 2.45) is 5.92 Å². The number of hydrogen-bond acceptors (Lipinski definition) is 6. The van der Waals surface area contributed by atoms with Crippen LogP contribution in [0.3, 0.4) is 0 Å². The van der Waals surface area contributed by atoms with Gasteiger partial charge >= 0.3 is 6.03 Å². The van der Waals surface area contributed by atoms with Crippen molar-refractivity contribution in [1.29, 1.82) is 5.26 Å². The molecule has 2 heterocycles. The number of rotatable bonds is 2. The highest BCUT2D eigenvalue weighted by atomic mass is 16.5. The first-order valence-electron chi connectivity index (χ1n) is 5.67. The SMILES string of the molecule is N#C[C@@H]1C(N2CCC(O)NC2=O)O[C@H](CO)[C@H]1O. The van der Waals surface area contributed by atoms with Crippen molar-refractivity contribution in [2.75, 3.05) is 13.2 Å². The molecule has 0 aromatic rings. The maximum Gasteiger partial charge on any atom is 0.321 e. The fraction of sp³-hybridized carbons (Fsp3) is 0.800. The van der Waals surface area contributed by atoms with E-state index in [9.17, 15) is 15.0 Å². The second kappa shape index (κ2) is 5.07. The maximum absolute atomic E-state index is 11.7. The standard InChI is InChI=1S/C10H15N3O5/c11-3-5-8(16)6(4-14)18-9(5)13-2-1-7(15)12-10(13)17/h5-9,14-16H,1-2,4H2,(H,12,17)/t5-,6+,7?,8-,9?/m0/s1. The lowest BCUT2D eigenvalue weighted by molar-refractivity contribution is -0.0758. The number of carbonyl (C=O) groups excluding carboxylic acids is 1. The van der Waals surface area contributed by atoms with Crippen LogP contribution < -0.4 is 5.32 Å². The molecule has 2 fully saturated rings. The number of urea groups is 1. The van der Waals surface area contributed by atoms with E-state index in [0.29, 0.717) is 6.42 Å². The first-order chi connectivity index (χ1) is 8.58. The summed E-state index contributed by atoms with van der Waals surface area (Å²) >= 11 is 0. The van der Waals surface area contributed by atoms with E-state index in [1.54, 1.807) is 0 Å². The summed E-state index contributed by atoms with van der Waals surface area (Å²) in [4.78, 5) is 12.9. The average molecular weight is 257 g/mol. The smallest absolute Gasteiger partial charge is 0.321 e. The third-order valence-corrected chi connectivity index (χ3v) is 3.20. The number of nitrogens with one attached hydrogen (secondary N) is 1. The Bertz CT molecular complexity index is 371. The van der Waals surface area contributed by atoms with Crippen LogP contribution in [-0.2, 0) is 4.74 Å². The largest absolute Gasteiger partial charge is 0.394 e. The molecule has 0 aromatic heterocycles. The van der Waals surface area contributed by atoms with Crippen molar-refractivity contribution in [3.8, 4) is 6.07 Å². The molecule has 0 spiro atoms. The lowest BCUT2D eigenvalue weighted by Gasteiger charge is -2.35. The number of amides is 2. The van der Waals surface area contributed by atoms with Crippen molar-refractivity contribution in [2.45, 2.75) is 31.1 Å². The van der Waals surface area contributed by atoms with Gasteiger partial charge in [-0.15, -0.1) is 0 Å². The van der Waals surface area contributed by atoms with Crippen molar-refractivity contribution in [1.82, 2.24) is 10.2 Å². The van der Waals surface area contributed by atoms with E-state index in [4.69, 9.17) is 15.1 Å². The van der Waals surface area contributed by atoms with Gasteiger partial charge in [0.15, 0.2) is 6.23 Å². The molecular weight excluding hydrogens is 242 g/mol. The minimum atomic E-state index is -1.13. The zero-order chi connectivity index (χ0) is 13.3. The molecule has 2 unspecified atom stereocenters. The zero-order valence-electron chi connectivity index (χ0n) is 9.56. The fourth-order valence-corrected chi connectivity index (χ4v) is 2.21. The summed E-state index contributed by atoms with van der Waals surface area (Å²) in [6.07, 6.45) is -3.52. The molecule has 8 heteroatoms. The Balaban J connectivity index is 2.13. The Morgan fingerprint density at radius 3 is 2.83 bits per heavy atom. The van der Waals surface area contributed by atoms with Crippen LogP contribution in [0.1, 0.15) is 6.42 Å². The van der Waals surface area contributed by atoms with Gasteiger partial charge in [0.05, 0.1) is 12.7 Å². The molecule has 100 valence electrons. The number of nitrogens with zero attached hydrogens (tertiary/aromatic N) is 2. The van der Waals surface area contributed by atoms with Crippen LogP contribution in [0.4, 0.5) is 4.79 Å². The van der Waals surface area contributed by atoms with Gasteiger partial charge in [-0.1, -0.05) is 0 Å². The molecular formula is C10H15N3O5. The van der Waals surface area contributed by atoms with E-state index in [2.05, 4.69) is 5.32 Å². The lowest BCUT2D eigenvalue weighted by atomic mass is 10.0. The Labute approximate surface area is 103 Å². The summed E-state index contributed by atoms with van der Waals surface area (Å²) in [5.41, 5.74) is 0. The van der Waals surface area contributed by atoms with E-state index in [1.165, 1.54) is 4.90 Å². The minimum absolute atomic E-state index is 0.223. The number of hydrogen-bond donors (Lipinski definition) is 4. The van der Waals surface area contributed by atoms with Gasteiger partial charge in [0.25, 0.3) is 0 Å². The van der Waals surface area contributed by atoms with Crippen molar-refractivity contribution < 1.29 is 24.9 Å². The summed E-state index contributed by atoms with van der Waals surface area (Å²) in [5.74, 6) is -0.914. The van der Waals surface area contributed by atoms with Crippen LogP contribution in [0.25, 0.3) is 0 Å². The first kappa shape index (κ1) is 13.0. The molecule has 0 radical (unpaired) electrons. The van der Waals surface area contributed by atoms with Gasteiger partial charge in [-0.25, -0.2) is 4.79 Å². The van der Waals surface area contributed by atoms with Gasteiger partial charge in [0.2, 0.25) is 0 Å². The number of carbonyl (C=O) groups is 1. The quantitative estimate of drug-likeness (QED) is 0.450. The Morgan fingerprint density at radius 1 is 1.56 bits per heavy atom. The summed E-state index contributed by atoms with van der Waals surface area (Å²) in [6.45, 7) is -0.200. The Morgan fingerprint density at radius 2 is 2.28 bits per heavy atom. The van der Waals surface area contributed by atoms with E-state index in [1.807, 2.05) is 6.07 Å². The van der Waals surface area contributed by atoms with Gasteiger partial charge in [0.1, 0.15) is 24.4 Å². The highest BCUT2D eigenvalue weighted by Crippen LogP contribution is 2.30. The normalized spacial score (nSPS) is 40.4. The molecule has 0 aliphatic carbocycles. The van der Waals surface area contributed by atoms with Crippen LogP contribution in [0.2, 0.25) is 0 Å². The van der Waals surface area contributed by atoms with Gasteiger partial charge in [-0.2, -0.15) is 5.26 Å². The highest BCUT2D eigenvalue weighted by Gasteiger charge is 2.48. The zero-order valence-corrected chi connectivity index (χ0v) is 9.56. The molecule has 0 saturated carbocycles. The first-order valence-corrected chi connectivity index (χ1v) is 5.67. The number of aliphatic hydroxyl groups is 3. The molecule has 2 rings (SSSR count). The number of ether oxygens (including phenoxy) is 1. The predicted molar refractivity (Wildman–Crippen MR) is 56.7 cm³/mol. The topological polar surface area (TPSA) is 126 Å². The van der Waals surface area contributed by atoms with Crippen molar-refractivity contribution >= 4 is 6.03 Å². The second-order valence-electron chi connectivity index (χ2n) is 4.34. The molecule has 2 aliphatic heterocycles. The Kier molecular flexibility index (Phi) is 3.68. The summed E-state index contributed by atoms with van der Waals surface area (Å²) in [6, 6.07) is 1.34. The van der Waals surface area contributed by atoms with Crippen LogP contribution in [0, 0.1) is 17.2 Å². The molecule has 2 amide bonds. The summed E-state index contributed by atoms with van der Waals surface area (Å²) in [7, 11) is 0. The summed E-state index contributed by atoms with van der Waals surface area (Å²) < 4.78 is 5.33. The fourth-order valence-electron chi connectivity index (χ4n) is 2.21. The van der Waals surface area contributed by atoms with E-state index in [-0.39, 0.29) is 6.54 Å². The summed E-state index contributed by atoms with van der Waals surface area (Å²) in [5, 5.41) is 39.4. The molecule has 0 bridgehead atoms. The molecule has 18 heavy (non-hydrogen) atoms. The Hall–Kier alpha value is -1.40. The third-order valence-electron chi connectivity index (χ3n) is 3.20. The highest BCUT2D eigenvalue weighted by molar-refractivity contribution is 5.75. The van der Waals surface area contributed by atoms with Crippen LogP contribution in [0.5, 0.6) is 0 Å². The van der Waals surface area contributed by atoms with E-state index in [0.717, 1.165) is 0 Å². The van der Waals surface area contributed by atoms with E-state index < -0.39 is 43.2 Å². The van der Waals surface area contributed by atoms with Crippen LogP contribution >= 0.6 is 0 Å². The molecule has 0 aromatic carbocycles. The van der Waals surface area contributed by atoms with Crippen LogP contribution in [0.15, 0.2) is 0 Å². The number of nitriles is 1. The monoisotopic (exact) mass is 257 g/mol. The van der Waals surface area contributed by atoms with Crippen molar-refractivity contribution in [3.05, 3.63) is 0 Å². The molecule has 5 atom stereocenters.